The van der Waals surface area contributed by atoms with E-state index >= 15 is 0 Å². The van der Waals surface area contributed by atoms with Gasteiger partial charge in [-0.2, -0.15) is 0 Å². The van der Waals surface area contributed by atoms with Crippen molar-refractivity contribution >= 4 is 35.2 Å². The average molecular weight is 630 g/mol. The number of nitrogens with one attached hydrogen (secondary N) is 2. The Labute approximate surface area is 268 Å². The van der Waals surface area contributed by atoms with E-state index < -0.39 is 35.6 Å². The van der Waals surface area contributed by atoms with Gasteiger partial charge in [-0.3, -0.25) is 9.59 Å². The van der Waals surface area contributed by atoms with Gasteiger partial charge < -0.3 is 25.4 Å². The molecule has 2 rings (SSSR count). The Bertz CT molecular complexity index is 1240. The van der Waals surface area contributed by atoms with Crippen LogP contribution < -0.4 is 10.6 Å². The topological polar surface area (TPSA) is 108 Å². The van der Waals surface area contributed by atoms with E-state index in [2.05, 4.69) is 17.6 Å². The van der Waals surface area contributed by atoms with Gasteiger partial charge in [-0.05, 0) is 64.2 Å². The number of rotatable bonds is 15. The van der Waals surface area contributed by atoms with E-state index in [-0.39, 0.29) is 18.2 Å². The van der Waals surface area contributed by atoms with Crippen molar-refractivity contribution in [3.63, 3.8) is 0 Å². The molecule has 0 aliphatic carbocycles. The first kappa shape index (κ1) is 36.9. The molecular formula is C35H52ClN3O5. The van der Waals surface area contributed by atoms with Crippen LogP contribution in [0.15, 0.2) is 36.4 Å². The molecule has 244 valence electrons. The zero-order valence-corrected chi connectivity index (χ0v) is 28.5. The Morgan fingerprint density at radius 1 is 0.955 bits per heavy atom. The van der Waals surface area contributed by atoms with E-state index in [1.165, 1.54) is 4.90 Å². The average Bonchev–Trinajstić information content (AvgIpc) is 2.95. The zero-order valence-electron chi connectivity index (χ0n) is 27.8. The second kappa shape index (κ2) is 17.3. The van der Waals surface area contributed by atoms with Crippen molar-refractivity contribution in [3.8, 4) is 5.75 Å². The van der Waals surface area contributed by atoms with E-state index in [0.29, 0.717) is 34.7 Å². The summed E-state index contributed by atoms with van der Waals surface area (Å²) >= 11 is 6.48. The number of unbranched alkanes of at least 4 members (excludes halogenated alkanes) is 5. The number of phenols is 1. The number of amides is 3. The third-order valence-electron chi connectivity index (χ3n) is 7.78. The van der Waals surface area contributed by atoms with Crippen LogP contribution in [0, 0.1) is 19.8 Å². The normalized spacial score (nSPS) is 13.5. The summed E-state index contributed by atoms with van der Waals surface area (Å²) in [5.74, 6) is -1.26. The quantitative estimate of drug-likeness (QED) is 0.171. The second-order valence-electron chi connectivity index (χ2n) is 12.6. The molecule has 9 heteroatoms. The van der Waals surface area contributed by atoms with Gasteiger partial charge in [-0.1, -0.05) is 101 Å². The third-order valence-corrected chi connectivity index (χ3v) is 8.10. The summed E-state index contributed by atoms with van der Waals surface area (Å²) in [6, 6.07) is 8.33. The summed E-state index contributed by atoms with van der Waals surface area (Å²) in [5, 5.41) is 17.3. The first-order chi connectivity index (χ1) is 20.7. The molecule has 0 spiro atoms. The number of nitrogens with zero attached hydrogens (tertiary/aromatic N) is 1. The van der Waals surface area contributed by atoms with E-state index in [4.69, 9.17) is 16.3 Å². The van der Waals surface area contributed by atoms with Gasteiger partial charge in [-0.15, -0.1) is 0 Å². The molecule has 0 aliphatic heterocycles. The van der Waals surface area contributed by atoms with Crippen molar-refractivity contribution in [2.75, 3.05) is 11.9 Å². The minimum Gasteiger partial charge on any atom is -0.507 e. The Balaban J connectivity index is 2.63. The number of anilines is 1. The number of benzene rings is 2. The van der Waals surface area contributed by atoms with Crippen LogP contribution in [-0.2, 0) is 14.3 Å². The fourth-order valence-electron chi connectivity index (χ4n) is 5.06. The fraction of sp³-hybridized carbons (Fsp3) is 0.571. The van der Waals surface area contributed by atoms with Gasteiger partial charge in [0, 0.05) is 12.1 Å². The molecule has 0 radical (unpaired) electrons. The molecule has 0 fully saturated rings. The van der Waals surface area contributed by atoms with E-state index in [0.717, 1.165) is 37.7 Å². The van der Waals surface area contributed by atoms with Crippen molar-refractivity contribution in [2.45, 2.75) is 118 Å². The number of aryl methyl sites for hydroxylation is 2. The maximum atomic E-state index is 14.6. The predicted octanol–water partition coefficient (Wildman–Crippen LogP) is 8.47. The molecule has 3 amide bonds. The van der Waals surface area contributed by atoms with Gasteiger partial charge >= 0.3 is 6.09 Å². The molecule has 44 heavy (non-hydrogen) atoms. The number of carbonyl (C=O) groups excluding carboxylic acids is 3. The van der Waals surface area contributed by atoms with Crippen LogP contribution in [0.4, 0.5) is 10.5 Å². The molecule has 0 saturated carbocycles. The fourth-order valence-corrected chi connectivity index (χ4v) is 5.33. The minimum atomic E-state index is -1.19. The molecule has 0 aromatic heterocycles. The highest BCUT2D eigenvalue weighted by molar-refractivity contribution is 6.34. The lowest BCUT2D eigenvalue weighted by Gasteiger charge is -2.36. The number of para-hydroxylation sites is 2. The van der Waals surface area contributed by atoms with Gasteiger partial charge in [-0.25, -0.2) is 4.79 Å². The van der Waals surface area contributed by atoms with E-state index in [1.807, 2.05) is 26.8 Å². The number of halogens is 1. The maximum Gasteiger partial charge on any atom is 0.408 e. The molecule has 2 aromatic rings. The highest BCUT2D eigenvalue weighted by Gasteiger charge is 2.39. The highest BCUT2D eigenvalue weighted by Crippen LogP contribution is 2.35. The molecule has 0 heterocycles. The Kier molecular flexibility index (Phi) is 14.5. The summed E-state index contributed by atoms with van der Waals surface area (Å²) in [6.07, 6.45) is 5.77. The highest BCUT2D eigenvalue weighted by atomic mass is 35.5. The smallest absolute Gasteiger partial charge is 0.408 e. The SMILES string of the molecule is CCCCCCCCN(C(=O)C(NC(=O)OC(C)(C)C)C(C)CC)C(C(=O)Nc1c(C)cccc1Cl)c1cccc(C)c1O. The van der Waals surface area contributed by atoms with Crippen molar-refractivity contribution < 1.29 is 24.2 Å². The van der Waals surface area contributed by atoms with Crippen molar-refractivity contribution in [3.05, 3.63) is 58.1 Å². The zero-order chi connectivity index (χ0) is 33.0. The maximum absolute atomic E-state index is 14.6. The lowest BCUT2D eigenvalue weighted by atomic mass is 9.94. The second-order valence-corrected chi connectivity index (χ2v) is 13.1. The molecule has 3 unspecified atom stereocenters. The summed E-state index contributed by atoms with van der Waals surface area (Å²) in [4.78, 5) is 43.3. The van der Waals surface area contributed by atoms with Crippen LogP contribution in [-0.4, -0.2) is 46.1 Å². The first-order valence-corrected chi connectivity index (χ1v) is 16.2. The summed E-state index contributed by atoms with van der Waals surface area (Å²) in [5.41, 5.74) is 1.32. The Morgan fingerprint density at radius 3 is 2.18 bits per heavy atom. The number of aromatic hydroxyl groups is 1. The Hall–Kier alpha value is -3.26. The largest absolute Gasteiger partial charge is 0.507 e. The lowest BCUT2D eigenvalue weighted by Crippen LogP contribution is -2.55. The minimum absolute atomic E-state index is 0.0653. The molecule has 0 aliphatic rings. The van der Waals surface area contributed by atoms with Crippen molar-refractivity contribution in [1.29, 1.82) is 0 Å². The van der Waals surface area contributed by atoms with Gasteiger partial charge in [0.05, 0.1) is 10.7 Å². The number of carbonyl (C=O) groups is 3. The lowest BCUT2D eigenvalue weighted by molar-refractivity contribution is -0.142. The molecule has 2 aromatic carbocycles. The van der Waals surface area contributed by atoms with Crippen LogP contribution in [0.25, 0.3) is 0 Å². The van der Waals surface area contributed by atoms with Crippen LogP contribution in [0.1, 0.15) is 109 Å². The summed E-state index contributed by atoms with van der Waals surface area (Å²) < 4.78 is 5.51. The van der Waals surface area contributed by atoms with Crippen LogP contribution in [0.3, 0.4) is 0 Å². The molecule has 0 saturated heterocycles. The van der Waals surface area contributed by atoms with Gasteiger partial charge in [0.15, 0.2) is 0 Å². The van der Waals surface area contributed by atoms with Gasteiger partial charge in [0.2, 0.25) is 5.91 Å². The standard InChI is InChI=1S/C35H52ClN3O5/c1-9-11-12-13-14-15-22-39(33(42)29(23(3)10-2)38-34(43)44-35(6,7)8)30(26-20-16-19-25(5)31(26)40)32(41)37-28-24(4)18-17-21-27(28)36/h16-21,23,29-30,40H,9-15,22H2,1-8H3,(H,37,41)(H,38,43). The van der Waals surface area contributed by atoms with E-state index in [1.54, 1.807) is 58.0 Å². The predicted molar refractivity (Wildman–Crippen MR) is 178 cm³/mol. The van der Waals surface area contributed by atoms with Crippen molar-refractivity contribution in [2.24, 2.45) is 5.92 Å². The van der Waals surface area contributed by atoms with E-state index in [9.17, 15) is 19.5 Å². The monoisotopic (exact) mass is 629 g/mol. The molecule has 3 N–H and O–H groups in total. The van der Waals surface area contributed by atoms with Crippen LogP contribution >= 0.6 is 11.6 Å². The van der Waals surface area contributed by atoms with Crippen LogP contribution in [0.2, 0.25) is 5.02 Å². The Morgan fingerprint density at radius 2 is 1.57 bits per heavy atom. The summed E-state index contributed by atoms with van der Waals surface area (Å²) in [7, 11) is 0. The molecule has 3 atom stereocenters. The van der Waals surface area contributed by atoms with Gasteiger partial charge in [0.25, 0.3) is 5.91 Å². The molecule has 8 nitrogen and oxygen atoms in total. The number of ether oxygens (including phenoxy) is 1. The van der Waals surface area contributed by atoms with Gasteiger partial charge in [0.1, 0.15) is 23.4 Å². The molecule has 0 bridgehead atoms. The molecular weight excluding hydrogens is 578 g/mol. The number of hydrogen-bond acceptors (Lipinski definition) is 5. The third kappa shape index (κ3) is 10.7. The number of phenolic OH excluding ortho intramolecular Hbond substituents is 1. The van der Waals surface area contributed by atoms with Crippen LogP contribution in [0.5, 0.6) is 5.75 Å². The number of alkyl carbamates (subject to hydrolysis) is 1. The first-order valence-electron chi connectivity index (χ1n) is 15.9. The summed E-state index contributed by atoms with van der Waals surface area (Å²) in [6.45, 7) is 15.1. The van der Waals surface area contributed by atoms with Crippen molar-refractivity contribution in [1.82, 2.24) is 10.2 Å². The number of hydrogen-bond donors (Lipinski definition) is 3.